The Bertz CT molecular complexity index is 781. The summed E-state index contributed by atoms with van der Waals surface area (Å²) >= 11 is 0. The Morgan fingerprint density at radius 1 is 0.704 bits per heavy atom. The lowest BCUT2D eigenvalue weighted by Crippen LogP contribution is -2.33. The van der Waals surface area contributed by atoms with Gasteiger partial charge in [0.05, 0.1) is 6.16 Å². The average molecular weight is 398 g/mol. The van der Waals surface area contributed by atoms with Gasteiger partial charge in [-0.25, -0.2) is 0 Å². The molecule has 0 aliphatic rings. The molecule has 3 nitrogen and oxygen atoms in total. The zero-order valence-corrected chi connectivity index (χ0v) is 16.9. The van der Waals surface area contributed by atoms with E-state index >= 15 is 0 Å². The standard InChI is InChI=1S/C22H24O3P2/c23-27(24,25)19-11-10-18-26(20-12-4-1-5-13-20,21-14-6-2-7-15-21)22-16-8-3-9-17-22/h1-9,12-17H,10-11,18-19H2,(H-,23,24,25). The van der Waals surface area contributed by atoms with Gasteiger partial charge in [0.15, 0.2) is 0 Å². The Balaban J connectivity index is 2.07. The zero-order valence-electron chi connectivity index (χ0n) is 15.1. The third kappa shape index (κ3) is 4.94. The fourth-order valence-electron chi connectivity index (χ4n) is 3.54. The van der Waals surface area contributed by atoms with Crippen LogP contribution in [0.1, 0.15) is 12.8 Å². The first-order valence-electron chi connectivity index (χ1n) is 9.10. The van der Waals surface area contributed by atoms with Gasteiger partial charge >= 0.3 is 0 Å². The second-order valence-corrected chi connectivity index (χ2v) is 11.9. The van der Waals surface area contributed by atoms with Crippen molar-refractivity contribution in [2.75, 3.05) is 12.3 Å². The van der Waals surface area contributed by atoms with Gasteiger partial charge < -0.3 is 14.4 Å². The minimum atomic E-state index is -4.20. The van der Waals surface area contributed by atoms with E-state index in [1.807, 2.05) is 18.2 Å². The smallest absolute Gasteiger partial charge is 0.132 e. The fraction of sp³-hybridized carbons (Fsp3) is 0.182. The maximum Gasteiger partial charge on any atom is 0.132 e. The van der Waals surface area contributed by atoms with Crippen LogP contribution in [-0.2, 0) is 4.57 Å². The summed E-state index contributed by atoms with van der Waals surface area (Å²) in [4.78, 5) is 20.3. The molecule has 1 unspecified atom stereocenters. The minimum Gasteiger partial charge on any atom is -0.779 e. The van der Waals surface area contributed by atoms with Gasteiger partial charge in [0.1, 0.15) is 30.8 Å². The van der Waals surface area contributed by atoms with Crippen LogP contribution < -0.4 is 20.8 Å². The van der Waals surface area contributed by atoms with E-state index in [0.29, 0.717) is 6.42 Å². The molecule has 1 N–H and O–H groups in total. The summed E-state index contributed by atoms with van der Waals surface area (Å²) in [5, 5.41) is 3.87. The van der Waals surface area contributed by atoms with Crippen LogP contribution in [0.2, 0.25) is 0 Å². The monoisotopic (exact) mass is 398 g/mol. The van der Waals surface area contributed by atoms with E-state index in [1.54, 1.807) is 0 Å². The molecule has 0 bridgehead atoms. The van der Waals surface area contributed by atoms with Gasteiger partial charge in [0.25, 0.3) is 0 Å². The van der Waals surface area contributed by atoms with Crippen molar-refractivity contribution < 1.29 is 14.4 Å². The second kappa shape index (κ2) is 8.95. The zero-order chi connectivity index (χ0) is 19.2. The molecule has 1 atom stereocenters. The lowest BCUT2D eigenvalue weighted by molar-refractivity contribution is -0.193. The lowest BCUT2D eigenvalue weighted by Gasteiger charge is -2.28. The van der Waals surface area contributed by atoms with Crippen molar-refractivity contribution in [1.29, 1.82) is 0 Å². The summed E-state index contributed by atoms with van der Waals surface area (Å²) in [6.07, 6.45) is 1.90. The maximum atomic E-state index is 11.2. The third-order valence-electron chi connectivity index (χ3n) is 4.78. The topological polar surface area (TPSA) is 60.4 Å². The molecule has 0 heterocycles. The van der Waals surface area contributed by atoms with Crippen molar-refractivity contribution in [1.82, 2.24) is 0 Å². The molecule has 0 aliphatic heterocycles. The first kappa shape index (κ1) is 20.0. The van der Waals surface area contributed by atoms with Gasteiger partial charge in [-0.1, -0.05) is 54.6 Å². The number of unbranched alkanes of at least 4 members (excludes halogenated alkanes) is 1. The Kier molecular flexibility index (Phi) is 6.63. The molecule has 0 spiro atoms. The van der Waals surface area contributed by atoms with Gasteiger partial charge in [0, 0.05) is 6.16 Å². The highest BCUT2D eigenvalue weighted by atomic mass is 31.2. The first-order chi connectivity index (χ1) is 13.0. The van der Waals surface area contributed by atoms with Gasteiger partial charge in [-0.15, -0.1) is 0 Å². The molecule has 0 saturated carbocycles. The molecule has 0 aromatic heterocycles. The van der Waals surface area contributed by atoms with Crippen LogP contribution in [0, 0.1) is 0 Å². The largest absolute Gasteiger partial charge is 0.779 e. The Morgan fingerprint density at radius 3 is 1.41 bits per heavy atom. The maximum absolute atomic E-state index is 11.2. The Labute approximate surface area is 161 Å². The van der Waals surface area contributed by atoms with Crippen LogP contribution in [0.15, 0.2) is 91.0 Å². The first-order valence-corrected chi connectivity index (χ1v) is 12.8. The Morgan fingerprint density at radius 2 is 1.07 bits per heavy atom. The van der Waals surface area contributed by atoms with Crippen molar-refractivity contribution in [2.24, 2.45) is 0 Å². The molecule has 27 heavy (non-hydrogen) atoms. The Hall–Kier alpha value is -1.76. The van der Waals surface area contributed by atoms with Crippen molar-refractivity contribution in [3.8, 4) is 0 Å². The van der Waals surface area contributed by atoms with E-state index in [4.69, 9.17) is 4.89 Å². The molecule has 3 aromatic carbocycles. The molecular weight excluding hydrogens is 374 g/mol. The van der Waals surface area contributed by atoms with E-state index in [1.165, 1.54) is 15.9 Å². The van der Waals surface area contributed by atoms with Crippen molar-refractivity contribution in [3.05, 3.63) is 91.0 Å². The van der Waals surface area contributed by atoms with Gasteiger partial charge in [-0.3, -0.25) is 0 Å². The van der Waals surface area contributed by atoms with Crippen LogP contribution in [0.4, 0.5) is 0 Å². The SMILES string of the molecule is O=P([O-])(O)CCCC[P+](c1ccccc1)(c1ccccc1)c1ccccc1. The lowest BCUT2D eigenvalue weighted by atomic mass is 10.3. The molecule has 0 amide bonds. The molecule has 0 radical (unpaired) electrons. The van der Waals surface area contributed by atoms with E-state index in [2.05, 4.69) is 72.8 Å². The van der Waals surface area contributed by atoms with Crippen molar-refractivity contribution in [2.45, 2.75) is 12.8 Å². The van der Waals surface area contributed by atoms with Crippen LogP contribution in [0.25, 0.3) is 0 Å². The minimum absolute atomic E-state index is 0.161. The highest BCUT2D eigenvalue weighted by Crippen LogP contribution is 2.56. The summed E-state index contributed by atoms with van der Waals surface area (Å²) in [7, 11) is -6.11. The average Bonchev–Trinajstić information content (AvgIpc) is 2.70. The summed E-state index contributed by atoms with van der Waals surface area (Å²) in [6, 6.07) is 31.5. The van der Waals surface area contributed by atoms with Gasteiger partial charge in [0.2, 0.25) is 0 Å². The number of benzene rings is 3. The van der Waals surface area contributed by atoms with Crippen molar-refractivity contribution >= 4 is 30.8 Å². The highest BCUT2D eigenvalue weighted by Gasteiger charge is 2.44. The molecular formula is C22H24O3P2. The summed E-state index contributed by atoms with van der Waals surface area (Å²) in [5.41, 5.74) is 0. The third-order valence-corrected chi connectivity index (χ3v) is 10.2. The van der Waals surface area contributed by atoms with E-state index < -0.39 is 14.9 Å². The molecule has 140 valence electrons. The fourth-order valence-corrected chi connectivity index (χ4v) is 8.58. The van der Waals surface area contributed by atoms with Crippen LogP contribution in [0.3, 0.4) is 0 Å². The molecule has 3 aromatic rings. The summed E-state index contributed by atoms with van der Waals surface area (Å²) < 4.78 is 11.2. The predicted molar refractivity (Wildman–Crippen MR) is 114 cm³/mol. The van der Waals surface area contributed by atoms with E-state index in [9.17, 15) is 9.46 Å². The molecule has 5 heteroatoms. The van der Waals surface area contributed by atoms with Gasteiger partial charge in [-0.2, -0.15) is 0 Å². The number of hydrogen-bond donors (Lipinski definition) is 1. The van der Waals surface area contributed by atoms with Crippen LogP contribution in [0.5, 0.6) is 0 Å². The summed E-state index contributed by atoms with van der Waals surface area (Å²) in [5.74, 6) is 0. The quantitative estimate of drug-likeness (QED) is 0.468. The number of hydrogen-bond acceptors (Lipinski definition) is 2. The molecule has 0 fully saturated rings. The normalized spacial score (nSPS) is 13.9. The molecule has 3 rings (SSSR count). The molecule has 0 aliphatic carbocycles. The van der Waals surface area contributed by atoms with E-state index in [0.717, 1.165) is 12.6 Å². The second-order valence-electron chi connectivity index (χ2n) is 6.61. The summed E-state index contributed by atoms with van der Waals surface area (Å²) in [6.45, 7) is 0. The number of rotatable bonds is 8. The highest BCUT2D eigenvalue weighted by molar-refractivity contribution is 7.95. The van der Waals surface area contributed by atoms with Crippen molar-refractivity contribution in [3.63, 3.8) is 0 Å². The van der Waals surface area contributed by atoms with E-state index in [-0.39, 0.29) is 6.16 Å². The van der Waals surface area contributed by atoms with Crippen LogP contribution in [-0.4, -0.2) is 17.2 Å². The van der Waals surface area contributed by atoms with Crippen LogP contribution >= 0.6 is 14.9 Å². The predicted octanol–water partition coefficient (Wildman–Crippen LogP) is 3.31. The molecule has 0 saturated heterocycles. The van der Waals surface area contributed by atoms with Gasteiger partial charge in [-0.05, 0) is 49.2 Å².